The molecular formula is C34H35N3O7. The van der Waals surface area contributed by atoms with Gasteiger partial charge in [0.2, 0.25) is 0 Å². The third kappa shape index (κ3) is 8.05. The van der Waals surface area contributed by atoms with E-state index >= 15 is 0 Å². The molecule has 1 N–H and O–H groups in total. The van der Waals surface area contributed by atoms with Gasteiger partial charge >= 0.3 is 11.9 Å². The van der Waals surface area contributed by atoms with E-state index in [1.54, 1.807) is 26.1 Å². The van der Waals surface area contributed by atoms with Crippen molar-refractivity contribution in [3.8, 4) is 0 Å². The van der Waals surface area contributed by atoms with Gasteiger partial charge in [0.15, 0.2) is 0 Å². The third-order valence-electron chi connectivity index (χ3n) is 7.11. The van der Waals surface area contributed by atoms with Gasteiger partial charge in [-0.3, -0.25) is 15.1 Å². The normalized spacial score (nSPS) is 15.1. The molecule has 0 fully saturated rings. The minimum atomic E-state index is -0.919. The van der Waals surface area contributed by atoms with Gasteiger partial charge in [0.05, 0.1) is 42.3 Å². The van der Waals surface area contributed by atoms with E-state index < -0.39 is 22.8 Å². The quantitative estimate of drug-likeness (QED) is 0.122. The first kappa shape index (κ1) is 31.8. The SMILES string of the molecule is COC(=O)C1=C(C)NC(C)=C(C(=O)OCCOC/C(C)=C/c2ccc(Cc3cccnc3)cc2)C1c1cccc([N+](=O)[O-])c1. The van der Waals surface area contributed by atoms with E-state index in [4.69, 9.17) is 14.2 Å². The van der Waals surface area contributed by atoms with Crippen molar-refractivity contribution < 1.29 is 28.7 Å². The maximum atomic E-state index is 13.4. The van der Waals surface area contributed by atoms with Gasteiger partial charge in [-0.25, -0.2) is 9.59 Å². The van der Waals surface area contributed by atoms with Crippen LogP contribution in [0.5, 0.6) is 0 Å². The molecule has 1 aliphatic heterocycles. The highest BCUT2D eigenvalue weighted by atomic mass is 16.6. The van der Waals surface area contributed by atoms with E-state index in [0.29, 0.717) is 23.6 Å². The highest BCUT2D eigenvalue weighted by Gasteiger charge is 2.38. The van der Waals surface area contributed by atoms with Crippen molar-refractivity contribution in [3.63, 3.8) is 0 Å². The van der Waals surface area contributed by atoms with Crippen LogP contribution in [0.15, 0.2) is 101 Å². The summed E-state index contributed by atoms with van der Waals surface area (Å²) in [7, 11) is 1.24. The number of pyridine rings is 1. The molecule has 1 atom stereocenters. The average Bonchev–Trinajstić information content (AvgIpc) is 3.01. The zero-order chi connectivity index (χ0) is 31.6. The number of nitrogens with one attached hydrogen (secondary N) is 1. The van der Waals surface area contributed by atoms with Crippen molar-refractivity contribution in [3.05, 3.63) is 134 Å². The summed E-state index contributed by atoms with van der Waals surface area (Å²) in [4.78, 5) is 41.2. The predicted molar refractivity (Wildman–Crippen MR) is 165 cm³/mol. The molecule has 228 valence electrons. The first-order valence-electron chi connectivity index (χ1n) is 14.1. The summed E-state index contributed by atoms with van der Waals surface area (Å²) in [6, 6.07) is 18.1. The molecule has 0 saturated carbocycles. The Hall–Kier alpha value is -5.09. The molecule has 1 aliphatic rings. The number of benzene rings is 2. The lowest BCUT2D eigenvalue weighted by atomic mass is 9.80. The number of nitrogens with zero attached hydrogens (tertiary/aromatic N) is 2. The summed E-state index contributed by atoms with van der Waals surface area (Å²) >= 11 is 0. The predicted octanol–water partition coefficient (Wildman–Crippen LogP) is 5.65. The van der Waals surface area contributed by atoms with E-state index in [9.17, 15) is 19.7 Å². The molecule has 3 aromatic rings. The van der Waals surface area contributed by atoms with Gasteiger partial charge in [0, 0.05) is 35.9 Å². The molecule has 2 heterocycles. The van der Waals surface area contributed by atoms with E-state index in [1.165, 1.54) is 30.9 Å². The molecule has 1 unspecified atom stereocenters. The number of nitro benzene ring substituents is 1. The zero-order valence-electron chi connectivity index (χ0n) is 25.2. The molecule has 10 nitrogen and oxygen atoms in total. The molecule has 2 aromatic carbocycles. The Morgan fingerprint density at radius 2 is 1.70 bits per heavy atom. The van der Waals surface area contributed by atoms with Gasteiger partial charge in [-0.05, 0) is 61.1 Å². The summed E-state index contributed by atoms with van der Waals surface area (Å²) < 4.78 is 16.3. The number of nitro groups is 1. The average molecular weight is 598 g/mol. The molecular weight excluding hydrogens is 562 g/mol. The molecule has 0 bridgehead atoms. The summed E-state index contributed by atoms with van der Waals surface area (Å²) in [6.07, 6.45) is 6.48. The number of methoxy groups -OCH3 is 1. The number of carbonyl (C=O) groups is 2. The van der Waals surface area contributed by atoms with Crippen LogP contribution < -0.4 is 5.32 Å². The van der Waals surface area contributed by atoms with Crippen LogP contribution in [0.1, 0.15) is 48.9 Å². The van der Waals surface area contributed by atoms with Crippen molar-refractivity contribution >= 4 is 23.7 Å². The monoisotopic (exact) mass is 597 g/mol. The van der Waals surface area contributed by atoms with Crippen LogP contribution in [0, 0.1) is 10.1 Å². The lowest BCUT2D eigenvalue weighted by Crippen LogP contribution is -2.32. The largest absolute Gasteiger partial charge is 0.466 e. The maximum absolute atomic E-state index is 13.4. The molecule has 1 aromatic heterocycles. The van der Waals surface area contributed by atoms with Crippen molar-refractivity contribution in [1.82, 2.24) is 10.3 Å². The number of rotatable bonds is 12. The second-order valence-electron chi connectivity index (χ2n) is 10.4. The smallest absolute Gasteiger partial charge is 0.336 e. The van der Waals surface area contributed by atoms with E-state index in [0.717, 1.165) is 23.1 Å². The Kier molecular flexibility index (Phi) is 10.8. The Bertz CT molecular complexity index is 1610. The van der Waals surface area contributed by atoms with Gasteiger partial charge in [-0.2, -0.15) is 0 Å². The number of non-ortho nitro benzene ring substituents is 1. The number of esters is 2. The summed E-state index contributed by atoms with van der Waals surface area (Å²) in [5.74, 6) is -2.24. The minimum absolute atomic E-state index is 0.0240. The van der Waals surface area contributed by atoms with E-state index in [1.807, 2.05) is 25.3 Å². The van der Waals surface area contributed by atoms with Gasteiger partial charge in [-0.1, -0.05) is 48.5 Å². The van der Waals surface area contributed by atoms with Gasteiger partial charge < -0.3 is 19.5 Å². The first-order chi connectivity index (χ1) is 21.2. The van der Waals surface area contributed by atoms with Crippen molar-refractivity contribution in [2.45, 2.75) is 33.1 Å². The first-order valence-corrected chi connectivity index (χ1v) is 14.1. The van der Waals surface area contributed by atoms with E-state index in [2.05, 4.69) is 40.6 Å². The fourth-order valence-electron chi connectivity index (χ4n) is 5.10. The van der Waals surface area contributed by atoms with Crippen LogP contribution in [0.2, 0.25) is 0 Å². The van der Waals surface area contributed by atoms with Crippen LogP contribution in [0.3, 0.4) is 0 Å². The fraction of sp³-hybridized carbons (Fsp3) is 0.265. The lowest BCUT2D eigenvalue weighted by molar-refractivity contribution is -0.384. The number of hydrogen-bond acceptors (Lipinski definition) is 9. The minimum Gasteiger partial charge on any atom is -0.466 e. The second-order valence-corrected chi connectivity index (χ2v) is 10.4. The van der Waals surface area contributed by atoms with Crippen molar-refractivity contribution in [2.24, 2.45) is 0 Å². The molecule has 4 rings (SSSR count). The van der Waals surface area contributed by atoms with Crippen LogP contribution in [-0.2, 0) is 30.2 Å². The topological polar surface area (TPSA) is 130 Å². The van der Waals surface area contributed by atoms with Gasteiger partial charge in [0.25, 0.3) is 5.69 Å². The molecule has 0 amide bonds. The molecule has 44 heavy (non-hydrogen) atoms. The zero-order valence-corrected chi connectivity index (χ0v) is 25.2. The summed E-state index contributed by atoms with van der Waals surface area (Å²) in [5.41, 5.74) is 5.94. The lowest BCUT2D eigenvalue weighted by Gasteiger charge is -2.30. The third-order valence-corrected chi connectivity index (χ3v) is 7.11. The number of allylic oxidation sites excluding steroid dienone is 2. The number of aromatic nitrogens is 1. The second kappa shape index (κ2) is 14.9. The Morgan fingerprint density at radius 1 is 0.977 bits per heavy atom. The van der Waals surface area contributed by atoms with Crippen LogP contribution in [-0.4, -0.2) is 48.8 Å². The maximum Gasteiger partial charge on any atom is 0.336 e. The molecule has 0 spiro atoms. The fourth-order valence-corrected chi connectivity index (χ4v) is 5.10. The van der Waals surface area contributed by atoms with Crippen LogP contribution in [0.4, 0.5) is 5.69 Å². The Morgan fingerprint density at radius 3 is 2.36 bits per heavy atom. The van der Waals surface area contributed by atoms with Gasteiger partial charge in [-0.15, -0.1) is 0 Å². The Balaban J connectivity index is 1.36. The molecule has 0 aliphatic carbocycles. The number of dihydropyridines is 1. The standard InChI is InChI=1S/C34H35N3O7/c1-22(17-25-10-12-26(13-11-25)18-27-7-6-14-35-20-27)21-43-15-16-44-34(39)31-24(3)36-23(2)30(33(38)42-4)32(31)28-8-5-9-29(19-28)37(40)41/h5-14,17,19-20,32,36H,15-16,18,21H2,1-4H3/b22-17+. The number of hydrogen-bond donors (Lipinski definition) is 1. The highest BCUT2D eigenvalue weighted by molar-refractivity contribution is 5.99. The van der Waals surface area contributed by atoms with Crippen molar-refractivity contribution in [1.29, 1.82) is 0 Å². The number of ether oxygens (including phenoxy) is 3. The van der Waals surface area contributed by atoms with Gasteiger partial charge in [0.1, 0.15) is 6.61 Å². The summed E-state index contributed by atoms with van der Waals surface area (Å²) in [5, 5.41) is 14.5. The molecule has 10 heteroatoms. The number of carbonyl (C=O) groups excluding carboxylic acids is 2. The highest BCUT2D eigenvalue weighted by Crippen LogP contribution is 2.40. The van der Waals surface area contributed by atoms with Crippen LogP contribution in [0.25, 0.3) is 6.08 Å². The Labute approximate surface area is 256 Å². The molecule has 0 radical (unpaired) electrons. The van der Waals surface area contributed by atoms with Crippen molar-refractivity contribution in [2.75, 3.05) is 26.9 Å². The molecule has 0 saturated heterocycles. The summed E-state index contributed by atoms with van der Waals surface area (Å²) in [6.45, 7) is 5.81. The van der Waals surface area contributed by atoms with E-state index in [-0.39, 0.29) is 30.0 Å². The van der Waals surface area contributed by atoms with Crippen LogP contribution >= 0.6 is 0 Å².